The van der Waals surface area contributed by atoms with Crippen LogP contribution in [0, 0.1) is 0 Å². The van der Waals surface area contributed by atoms with Crippen molar-refractivity contribution in [1.29, 1.82) is 0 Å². The summed E-state index contributed by atoms with van der Waals surface area (Å²) >= 11 is 0. The minimum atomic E-state index is -0.340. The average molecular weight is 209 g/mol. The monoisotopic (exact) mass is 209 g/mol. The Bertz CT molecular complexity index is 740. The first-order valence-corrected chi connectivity index (χ1v) is 4.86. The van der Waals surface area contributed by atoms with Gasteiger partial charge < -0.3 is 0 Å². The zero-order chi connectivity index (χ0) is 11.0. The van der Waals surface area contributed by atoms with E-state index in [-0.39, 0.29) is 5.56 Å². The van der Waals surface area contributed by atoms with Crippen LogP contribution in [0.2, 0.25) is 0 Å². The fraction of sp³-hybridized carbons (Fsp3) is 0. The molecule has 0 unspecified atom stereocenters. The third-order valence-electron chi connectivity index (χ3n) is 2.44. The fourth-order valence-electron chi connectivity index (χ4n) is 1.69. The molecule has 0 spiro atoms. The molecule has 4 nitrogen and oxygen atoms in total. The Morgan fingerprint density at radius 2 is 1.81 bits per heavy atom. The molecule has 4 heteroatoms. The van der Waals surface area contributed by atoms with Gasteiger partial charge in [0.2, 0.25) is 0 Å². The minimum Gasteiger partial charge on any atom is -0.266 e. The Kier molecular flexibility index (Phi) is 1.86. The van der Waals surface area contributed by atoms with Gasteiger partial charge in [0.25, 0.3) is 5.56 Å². The topological polar surface area (TPSA) is 55.7 Å². The molecule has 2 heterocycles. The average Bonchev–Trinajstić information content (AvgIpc) is 2.52. The van der Waals surface area contributed by atoms with Crippen LogP contribution in [-0.4, -0.2) is 15.2 Å². The molecule has 0 aliphatic carbocycles. The second-order valence-electron chi connectivity index (χ2n) is 3.45. The number of rotatable bonds is 0. The molecular weight excluding hydrogens is 202 g/mol. The first-order valence-electron chi connectivity index (χ1n) is 4.86. The Labute approximate surface area is 90.6 Å². The molecule has 1 aromatic carbocycles. The number of hydrogen-bond donors (Lipinski definition) is 0. The molecule has 3 aromatic rings. The summed E-state index contributed by atoms with van der Waals surface area (Å²) in [6, 6.07) is 10.7. The predicted octanol–water partition coefficient (Wildman–Crippen LogP) is 1.54. The summed E-state index contributed by atoms with van der Waals surface area (Å²) < 4.78 is 0. The summed E-state index contributed by atoms with van der Waals surface area (Å²) in [7, 11) is 0. The fourth-order valence-corrected chi connectivity index (χ4v) is 1.69. The quantitative estimate of drug-likeness (QED) is 0.563. The molecule has 0 amide bonds. The van der Waals surface area contributed by atoms with Crippen LogP contribution in [0.15, 0.2) is 47.4 Å². The molecule has 0 fully saturated rings. The second-order valence-corrected chi connectivity index (χ2v) is 3.45. The number of benzene rings is 1. The molecule has 3 rings (SSSR count). The van der Waals surface area contributed by atoms with Crippen LogP contribution in [0.4, 0.5) is 0 Å². The minimum absolute atomic E-state index is 0.340. The molecule has 0 aliphatic heterocycles. The van der Waals surface area contributed by atoms with Gasteiger partial charge in [-0.3, -0.25) is 9.78 Å². The van der Waals surface area contributed by atoms with Crippen molar-refractivity contribution in [2.45, 2.75) is 0 Å². The van der Waals surface area contributed by atoms with E-state index in [2.05, 4.69) is 15.2 Å². The van der Waals surface area contributed by atoms with Gasteiger partial charge in [-0.2, -0.15) is 0 Å². The van der Waals surface area contributed by atoms with Crippen LogP contribution >= 0.6 is 0 Å². The molecule has 0 radical (unpaired) electrons. The van der Waals surface area contributed by atoms with Crippen LogP contribution in [0.1, 0.15) is 0 Å². The van der Waals surface area contributed by atoms with Crippen molar-refractivity contribution in [3.8, 4) is 0 Å². The van der Waals surface area contributed by atoms with E-state index in [1.54, 1.807) is 12.3 Å². The molecule has 16 heavy (non-hydrogen) atoms. The van der Waals surface area contributed by atoms with Crippen molar-refractivity contribution in [1.82, 2.24) is 15.2 Å². The highest BCUT2D eigenvalue weighted by atomic mass is 16.1. The lowest BCUT2D eigenvalue weighted by molar-refractivity contribution is 1.05. The van der Waals surface area contributed by atoms with Gasteiger partial charge in [-0.1, -0.05) is 6.07 Å². The van der Waals surface area contributed by atoms with Gasteiger partial charge in [-0.25, -0.2) is 0 Å². The lowest BCUT2D eigenvalue weighted by atomic mass is 10.1. The normalized spacial score (nSPS) is 10.8. The summed E-state index contributed by atoms with van der Waals surface area (Å²) in [5.41, 5.74) is 1.21. The van der Waals surface area contributed by atoms with Crippen LogP contribution in [0.3, 0.4) is 0 Å². The Hall–Kier alpha value is -2.36. The Balaban J connectivity index is 2.61. The molecule has 76 valence electrons. The standard InChI is InChI=1S/C12H7N3O/c16-11-6-4-8-3-5-10-9(2-1-7-13-10)12(8)15-14-11/h1-7H. The van der Waals surface area contributed by atoms with Gasteiger partial charge in [-0.15, -0.1) is 10.2 Å². The number of fused-ring (bicyclic) bond motifs is 3. The number of hydrogen-bond acceptors (Lipinski definition) is 4. The van der Waals surface area contributed by atoms with E-state index in [9.17, 15) is 4.79 Å². The van der Waals surface area contributed by atoms with Crippen LogP contribution in [0.25, 0.3) is 21.8 Å². The molecule has 0 bridgehead atoms. The number of nitrogens with zero attached hydrogens (tertiary/aromatic N) is 3. The maximum atomic E-state index is 11.1. The van der Waals surface area contributed by atoms with E-state index in [1.807, 2.05) is 24.3 Å². The van der Waals surface area contributed by atoms with Crippen molar-refractivity contribution < 1.29 is 0 Å². The summed E-state index contributed by atoms with van der Waals surface area (Å²) in [4.78, 5) is 15.4. The molecule has 0 N–H and O–H groups in total. The number of aromatic nitrogens is 3. The van der Waals surface area contributed by atoms with E-state index >= 15 is 0 Å². The zero-order valence-electron chi connectivity index (χ0n) is 8.29. The van der Waals surface area contributed by atoms with Gasteiger partial charge in [-0.05, 0) is 24.3 Å². The predicted molar refractivity (Wildman–Crippen MR) is 61.1 cm³/mol. The summed E-state index contributed by atoms with van der Waals surface area (Å²) in [5.74, 6) is 0. The summed E-state index contributed by atoms with van der Waals surface area (Å²) in [5, 5.41) is 9.35. The maximum absolute atomic E-state index is 11.1. The first-order chi connectivity index (χ1) is 7.84. The van der Waals surface area contributed by atoms with Crippen molar-refractivity contribution >= 4 is 21.8 Å². The third-order valence-corrected chi connectivity index (χ3v) is 2.44. The SMILES string of the molecule is O=c1ccc2ccc3ncccc3c2nn1. The van der Waals surface area contributed by atoms with Gasteiger partial charge >= 0.3 is 0 Å². The Morgan fingerprint density at radius 3 is 2.75 bits per heavy atom. The van der Waals surface area contributed by atoms with Crippen molar-refractivity contribution in [2.24, 2.45) is 0 Å². The van der Waals surface area contributed by atoms with E-state index in [1.165, 1.54) is 6.07 Å². The highest BCUT2D eigenvalue weighted by Gasteiger charge is 2.00. The van der Waals surface area contributed by atoms with Crippen molar-refractivity contribution in [2.75, 3.05) is 0 Å². The van der Waals surface area contributed by atoms with E-state index in [4.69, 9.17) is 0 Å². The van der Waals surface area contributed by atoms with E-state index < -0.39 is 0 Å². The van der Waals surface area contributed by atoms with E-state index in [0.717, 1.165) is 16.3 Å². The number of pyridine rings is 1. The molecule has 0 atom stereocenters. The largest absolute Gasteiger partial charge is 0.288 e. The van der Waals surface area contributed by atoms with Gasteiger partial charge in [0.05, 0.1) is 5.52 Å². The first kappa shape index (κ1) is 8.91. The molecule has 2 aromatic heterocycles. The maximum Gasteiger partial charge on any atom is 0.288 e. The van der Waals surface area contributed by atoms with Crippen LogP contribution in [0.5, 0.6) is 0 Å². The van der Waals surface area contributed by atoms with Crippen molar-refractivity contribution in [3.63, 3.8) is 0 Å². The smallest absolute Gasteiger partial charge is 0.266 e. The highest BCUT2D eigenvalue weighted by Crippen LogP contribution is 2.19. The Morgan fingerprint density at radius 1 is 0.938 bits per heavy atom. The molecule has 0 aliphatic rings. The van der Waals surface area contributed by atoms with E-state index in [0.29, 0.717) is 5.52 Å². The van der Waals surface area contributed by atoms with Crippen molar-refractivity contribution in [3.05, 3.63) is 52.9 Å². The zero-order valence-corrected chi connectivity index (χ0v) is 8.29. The van der Waals surface area contributed by atoms with Gasteiger partial charge in [0.15, 0.2) is 0 Å². The van der Waals surface area contributed by atoms with Gasteiger partial charge in [0.1, 0.15) is 5.52 Å². The summed E-state index contributed by atoms with van der Waals surface area (Å²) in [6.45, 7) is 0. The lowest BCUT2D eigenvalue weighted by Crippen LogP contribution is -1.99. The third kappa shape index (κ3) is 1.32. The molecule has 0 saturated carbocycles. The highest BCUT2D eigenvalue weighted by molar-refractivity contribution is 6.02. The molecular formula is C12H7N3O. The molecule has 0 saturated heterocycles. The lowest BCUT2D eigenvalue weighted by Gasteiger charge is -1.97. The van der Waals surface area contributed by atoms with Crippen LogP contribution < -0.4 is 5.56 Å². The second kappa shape index (κ2) is 3.34. The van der Waals surface area contributed by atoms with Gasteiger partial charge in [0, 0.05) is 23.0 Å². The summed E-state index contributed by atoms with van der Waals surface area (Å²) in [6.07, 6.45) is 1.73. The van der Waals surface area contributed by atoms with Crippen LogP contribution in [-0.2, 0) is 0 Å².